The predicted octanol–water partition coefficient (Wildman–Crippen LogP) is 3.30. The summed E-state index contributed by atoms with van der Waals surface area (Å²) in [4.78, 5) is 4.53. The second-order valence-corrected chi connectivity index (χ2v) is 5.71. The molecule has 3 rings (SSSR count). The summed E-state index contributed by atoms with van der Waals surface area (Å²) in [6.07, 6.45) is 0. The Kier molecular flexibility index (Phi) is 4.76. The summed E-state index contributed by atoms with van der Waals surface area (Å²) in [5.41, 5.74) is 1.99. The molecule has 0 unspecified atom stereocenters. The van der Waals surface area contributed by atoms with Crippen molar-refractivity contribution in [3.05, 3.63) is 59.7 Å². The zero-order valence-corrected chi connectivity index (χ0v) is 13.1. The van der Waals surface area contributed by atoms with Gasteiger partial charge in [-0.3, -0.25) is 4.90 Å². The SMILES string of the molecule is COc1ccc(CN2CCN(c3ccc(F)cc3)CC2)cc1F. The highest BCUT2D eigenvalue weighted by molar-refractivity contribution is 5.46. The molecule has 0 aromatic heterocycles. The number of hydrogen-bond donors (Lipinski definition) is 0. The summed E-state index contributed by atoms with van der Waals surface area (Å²) in [7, 11) is 1.47. The normalized spacial score (nSPS) is 15.7. The van der Waals surface area contributed by atoms with Gasteiger partial charge in [0.1, 0.15) is 5.82 Å². The fourth-order valence-electron chi connectivity index (χ4n) is 2.88. The van der Waals surface area contributed by atoms with Crippen molar-refractivity contribution < 1.29 is 13.5 Å². The molecular weight excluding hydrogens is 298 g/mol. The summed E-state index contributed by atoms with van der Waals surface area (Å²) in [6.45, 7) is 4.27. The first-order valence-corrected chi connectivity index (χ1v) is 7.71. The van der Waals surface area contributed by atoms with Crippen LogP contribution in [0.1, 0.15) is 5.56 Å². The molecule has 1 heterocycles. The second-order valence-electron chi connectivity index (χ2n) is 5.71. The first-order chi connectivity index (χ1) is 11.2. The molecule has 2 aromatic carbocycles. The van der Waals surface area contributed by atoms with Crippen molar-refractivity contribution in [2.75, 3.05) is 38.2 Å². The minimum atomic E-state index is -0.324. The molecule has 5 heteroatoms. The minimum Gasteiger partial charge on any atom is -0.494 e. The van der Waals surface area contributed by atoms with E-state index in [1.807, 2.05) is 18.2 Å². The number of piperazine rings is 1. The third kappa shape index (κ3) is 3.79. The van der Waals surface area contributed by atoms with Gasteiger partial charge < -0.3 is 9.64 Å². The van der Waals surface area contributed by atoms with Crippen molar-refractivity contribution in [3.8, 4) is 5.75 Å². The number of ether oxygens (including phenoxy) is 1. The van der Waals surface area contributed by atoms with Crippen LogP contribution in [0.5, 0.6) is 5.75 Å². The topological polar surface area (TPSA) is 15.7 Å². The van der Waals surface area contributed by atoms with Crippen LogP contribution in [0, 0.1) is 11.6 Å². The fraction of sp³-hybridized carbons (Fsp3) is 0.333. The minimum absolute atomic E-state index is 0.214. The van der Waals surface area contributed by atoms with Crippen LogP contribution in [0.15, 0.2) is 42.5 Å². The molecule has 0 N–H and O–H groups in total. The zero-order valence-electron chi connectivity index (χ0n) is 13.1. The van der Waals surface area contributed by atoms with E-state index in [1.54, 1.807) is 6.07 Å². The predicted molar refractivity (Wildman–Crippen MR) is 86.8 cm³/mol. The van der Waals surface area contributed by atoms with E-state index < -0.39 is 0 Å². The highest BCUT2D eigenvalue weighted by Gasteiger charge is 2.17. The van der Waals surface area contributed by atoms with E-state index in [4.69, 9.17) is 4.74 Å². The van der Waals surface area contributed by atoms with Gasteiger partial charge in [0.2, 0.25) is 0 Å². The quantitative estimate of drug-likeness (QED) is 0.860. The van der Waals surface area contributed by atoms with E-state index in [1.165, 1.54) is 25.3 Å². The molecule has 0 aliphatic carbocycles. The van der Waals surface area contributed by atoms with Crippen LogP contribution >= 0.6 is 0 Å². The average molecular weight is 318 g/mol. The van der Waals surface area contributed by atoms with Crippen LogP contribution in [-0.2, 0) is 6.54 Å². The monoisotopic (exact) mass is 318 g/mol. The van der Waals surface area contributed by atoms with Gasteiger partial charge in [-0.2, -0.15) is 0 Å². The van der Waals surface area contributed by atoms with E-state index in [0.29, 0.717) is 0 Å². The molecule has 1 saturated heterocycles. The third-order valence-electron chi connectivity index (χ3n) is 4.19. The lowest BCUT2D eigenvalue weighted by Crippen LogP contribution is -2.45. The van der Waals surface area contributed by atoms with Crippen molar-refractivity contribution in [3.63, 3.8) is 0 Å². The summed E-state index contributed by atoms with van der Waals surface area (Å²) in [5.74, 6) is -0.265. The van der Waals surface area contributed by atoms with Gasteiger partial charge >= 0.3 is 0 Å². The smallest absolute Gasteiger partial charge is 0.165 e. The highest BCUT2D eigenvalue weighted by atomic mass is 19.1. The number of hydrogen-bond acceptors (Lipinski definition) is 3. The van der Waals surface area contributed by atoms with E-state index in [0.717, 1.165) is 44.0 Å². The Morgan fingerprint density at radius 3 is 2.26 bits per heavy atom. The molecule has 0 atom stereocenters. The maximum Gasteiger partial charge on any atom is 0.165 e. The van der Waals surface area contributed by atoms with Crippen molar-refractivity contribution in [1.29, 1.82) is 0 Å². The van der Waals surface area contributed by atoms with Crippen LogP contribution in [-0.4, -0.2) is 38.2 Å². The van der Waals surface area contributed by atoms with Crippen molar-refractivity contribution in [2.45, 2.75) is 6.54 Å². The zero-order chi connectivity index (χ0) is 16.2. The van der Waals surface area contributed by atoms with Gasteiger partial charge in [-0.1, -0.05) is 6.07 Å². The molecule has 1 aliphatic rings. The summed E-state index contributed by atoms with van der Waals surface area (Å²) < 4.78 is 31.7. The maximum absolute atomic E-state index is 13.7. The number of halogens is 2. The molecule has 0 spiro atoms. The van der Waals surface area contributed by atoms with Gasteiger partial charge in [-0.25, -0.2) is 8.78 Å². The second kappa shape index (κ2) is 6.96. The summed E-state index contributed by atoms with van der Waals surface area (Å²) in [5, 5.41) is 0. The van der Waals surface area contributed by atoms with Crippen molar-refractivity contribution in [2.24, 2.45) is 0 Å². The number of anilines is 1. The Balaban J connectivity index is 1.56. The molecule has 0 amide bonds. The molecular formula is C18H20F2N2O. The number of benzene rings is 2. The number of methoxy groups -OCH3 is 1. The Bertz CT molecular complexity index is 653. The maximum atomic E-state index is 13.7. The van der Waals surface area contributed by atoms with Crippen LogP contribution < -0.4 is 9.64 Å². The molecule has 0 radical (unpaired) electrons. The van der Waals surface area contributed by atoms with Gasteiger partial charge in [0.25, 0.3) is 0 Å². The summed E-state index contributed by atoms with van der Waals surface area (Å²) >= 11 is 0. The first kappa shape index (κ1) is 15.7. The third-order valence-corrected chi connectivity index (χ3v) is 4.19. The molecule has 23 heavy (non-hydrogen) atoms. The van der Waals surface area contributed by atoms with Crippen LogP contribution in [0.25, 0.3) is 0 Å². The molecule has 1 fully saturated rings. The van der Waals surface area contributed by atoms with Crippen LogP contribution in [0.3, 0.4) is 0 Å². The Morgan fingerprint density at radius 1 is 0.957 bits per heavy atom. The molecule has 0 bridgehead atoms. The Morgan fingerprint density at radius 2 is 1.65 bits per heavy atom. The van der Waals surface area contributed by atoms with Gasteiger partial charge in [-0.15, -0.1) is 0 Å². The van der Waals surface area contributed by atoms with Gasteiger partial charge in [0.15, 0.2) is 11.6 Å². The van der Waals surface area contributed by atoms with Gasteiger partial charge in [-0.05, 0) is 42.0 Å². The Hall–Kier alpha value is -2.14. The van der Waals surface area contributed by atoms with Crippen LogP contribution in [0.2, 0.25) is 0 Å². The summed E-state index contributed by atoms with van der Waals surface area (Å²) in [6, 6.07) is 11.7. The van der Waals surface area contributed by atoms with Gasteiger partial charge in [0, 0.05) is 38.4 Å². The van der Waals surface area contributed by atoms with Crippen LogP contribution in [0.4, 0.5) is 14.5 Å². The van der Waals surface area contributed by atoms with E-state index in [2.05, 4.69) is 9.80 Å². The lowest BCUT2D eigenvalue weighted by molar-refractivity contribution is 0.249. The fourth-order valence-corrected chi connectivity index (χ4v) is 2.88. The first-order valence-electron chi connectivity index (χ1n) is 7.71. The number of nitrogens with zero attached hydrogens (tertiary/aromatic N) is 2. The van der Waals surface area contributed by atoms with E-state index in [9.17, 15) is 8.78 Å². The van der Waals surface area contributed by atoms with Gasteiger partial charge in [0.05, 0.1) is 7.11 Å². The van der Waals surface area contributed by atoms with E-state index >= 15 is 0 Å². The molecule has 1 aliphatic heterocycles. The van der Waals surface area contributed by atoms with E-state index in [-0.39, 0.29) is 17.4 Å². The number of rotatable bonds is 4. The Labute approximate surface area is 135 Å². The van der Waals surface area contributed by atoms with Crippen molar-refractivity contribution >= 4 is 5.69 Å². The average Bonchev–Trinajstić information content (AvgIpc) is 2.57. The highest BCUT2D eigenvalue weighted by Crippen LogP contribution is 2.20. The molecule has 3 nitrogen and oxygen atoms in total. The molecule has 122 valence electrons. The lowest BCUT2D eigenvalue weighted by Gasteiger charge is -2.36. The molecule has 0 saturated carbocycles. The van der Waals surface area contributed by atoms with Crippen molar-refractivity contribution in [1.82, 2.24) is 4.90 Å². The standard InChI is InChI=1S/C18H20F2N2O/c1-23-18-7-2-14(12-17(18)20)13-21-8-10-22(11-9-21)16-5-3-15(19)4-6-16/h2-7,12H,8-11,13H2,1H3. The molecule has 2 aromatic rings. The lowest BCUT2D eigenvalue weighted by atomic mass is 10.1. The largest absolute Gasteiger partial charge is 0.494 e.